The topological polar surface area (TPSA) is 9.23 Å². The van der Waals surface area contributed by atoms with E-state index in [0.29, 0.717) is 5.92 Å². The van der Waals surface area contributed by atoms with Gasteiger partial charge in [0.1, 0.15) is 5.75 Å². The second kappa shape index (κ2) is 7.16. The van der Waals surface area contributed by atoms with Gasteiger partial charge in [0.25, 0.3) is 0 Å². The minimum absolute atomic E-state index is 0.544. The molecule has 1 aromatic carbocycles. The molecule has 94 valence electrons. The first-order valence-electron chi connectivity index (χ1n) is 6.59. The van der Waals surface area contributed by atoms with Crippen LogP contribution in [0.15, 0.2) is 30.9 Å². The second-order valence-corrected chi connectivity index (χ2v) is 4.49. The number of ether oxygens (including phenoxy) is 1. The first-order valence-corrected chi connectivity index (χ1v) is 6.59. The molecule has 0 aliphatic heterocycles. The van der Waals surface area contributed by atoms with Gasteiger partial charge in [-0.25, -0.2) is 0 Å². The molecule has 0 radical (unpaired) electrons. The van der Waals surface area contributed by atoms with Gasteiger partial charge in [-0.05, 0) is 48.4 Å². The van der Waals surface area contributed by atoms with Gasteiger partial charge in [-0.15, -0.1) is 6.58 Å². The van der Waals surface area contributed by atoms with Crippen LogP contribution in [-0.4, -0.2) is 6.61 Å². The average Bonchev–Trinajstić information content (AvgIpc) is 2.36. The van der Waals surface area contributed by atoms with E-state index in [1.807, 2.05) is 6.08 Å². The molecule has 0 fully saturated rings. The lowest BCUT2D eigenvalue weighted by molar-refractivity contribution is 0.317. The summed E-state index contributed by atoms with van der Waals surface area (Å²) in [7, 11) is 0. The molecular weight excluding hydrogens is 208 g/mol. The molecular formula is C16H24O. The standard InChI is InChI=1S/C16H24O/c1-5-8-13(4)16-10-9-15(17-11-6-2)12-14(16)7-3/h5,9-10,12-13H,1,6-8,11H2,2-4H3. The summed E-state index contributed by atoms with van der Waals surface area (Å²) in [5.41, 5.74) is 2.82. The van der Waals surface area contributed by atoms with E-state index in [0.717, 1.165) is 31.6 Å². The van der Waals surface area contributed by atoms with Crippen LogP contribution in [0.4, 0.5) is 0 Å². The number of allylic oxidation sites excluding steroid dienone is 1. The summed E-state index contributed by atoms with van der Waals surface area (Å²) in [4.78, 5) is 0. The molecule has 0 aromatic heterocycles. The average molecular weight is 232 g/mol. The summed E-state index contributed by atoms with van der Waals surface area (Å²) in [5.74, 6) is 1.54. The molecule has 1 unspecified atom stereocenters. The third-order valence-electron chi connectivity index (χ3n) is 3.02. The molecule has 0 N–H and O–H groups in total. The van der Waals surface area contributed by atoms with Crippen LogP contribution < -0.4 is 4.74 Å². The number of hydrogen-bond donors (Lipinski definition) is 0. The molecule has 1 rings (SSSR count). The van der Waals surface area contributed by atoms with E-state index in [-0.39, 0.29) is 0 Å². The summed E-state index contributed by atoms with van der Waals surface area (Å²) in [6.45, 7) is 11.2. The van der Waals surface area contributed by atoms with Crippen LogP contribution in [0.25, 0.3) is 0 Å². The van der Waals surface area contributed by atoms with Crippen molar-refractivity contribution < 1.29 is 4.74 Å². The molecule has 0 heterocycles. The first-order chi connectivity index (χ1) is 8.22. The summed E-state index contributed by atoms with van der Waals surface area (Å²) in [6, 6.07) is 6.48. The van der Waals surface area contributed by atoms with Gasteiger partial charge in [0, 0.05) is 0 Å². The van der Waals surface area contributed by atoms with Crippen molar-refractivity contribution in [2.24, 2.45) is 0 Å². The Bertz CT molecular complexity index is 355. The Balaban J connectivity index is 2.88. The summed E-state index contributed by atoms with van der Waals surface area (Å²) in [5, 5.41) is 0. The van der Waals surface area contributed by atoms with Gasteiger partial charge in [-0.1, -0.05) is 32.9 Å². The number of benzene rings is 1. The van der Waals surface area contributed by atoms with E-state index in [1.54, 1.807) is 0 Å². The van der Waals surface area contributed by atoms with Crippen LogP contribution in [-0.2, 0) is 6.42 Å². The highest BCUT2D eigenvalue weighted by Gasteiger charge is 2.09. The lowest BCUT2D eigenvalue weighted by Gasteiger charge is -2.16. The smallest absolute Gasteiger partial charge is 0.119 e. The fourth-order valence-electron chi connectivity index (χ4n) is 2.06. The minimum Gasteiger partial charge on any atom is -0.494 e. The van der Waals surface area contributed by atoms with Gasteiger partial charge in [-0.3, -0.25) is 0 Å². The van der Waals surface area contributed by atoms with Gasteiger partial charge in [0.05, 0.1) is 6.61 Å². The van der Waals surface area contributed by atoms with Crippen LogP contribution >= 0.6 is 0 Å². The quantitative estimate of drug-likeness (QED) is 0.618. The van der Waals surface area contributed by atoms with E-state index in [9.17, 15) is 0 Å². The van der Waals surface area contributed by atoms with E-state index >= 15 is 0 Å². The molecule has 1 heteroatoms. The first kappa shape index (κ1) is 13.8. The van der Waals surface area contributed by atoms with Crippen molar-refractivity contribution in [2.75, 3.05) is 6.61 Å². The van der Waals surface area contributed by atoms with Crippen molar-refractivity contribution in [3.63, 3.8) is 0 Å². The molecule has 0 spiro atoms. The van der Waals surface area contributed by atoms with Gasteiger partial charge < -0.3 is 4.74 Å². The maximum absolute atomic E-state index is 5.67. The molecule has 0 saturated carbocycles. The summed E-state index contributed by atoms with van der Waals surface area (Å²) < 4.78 is 5.67. The maximum atomic E-state index is 5.67. The van der Waals surface area contributed by atoms with Crippen molar-refractivity contribution in [1.29, 1.82) is 0 Å². The molecule has 17 heavy (non-hydrogen) atoms. The second-order valence-electron chi connectivity index (χ2n) is 4.49. The van der Waals surface area contributed by atoms with Crippen LogP contribution in [0.1, 0.15) is 50.7 Å². The molecule has 1 nitrogen and oxygen atoms in total. The lowest BCUT2D eigenvalue weighted by atomic mass is 9.92. The Labute approximate surface area is 106 Å². The van der Waals surface area contributed by atoms with Crippen LogP contribution in [0, 0.1) is 0 Å². The Morgan fingerprint density at radius 3 is 2.71 bits per heavy atom. The van der Waals surface area contributed by atoms with Crippen LogP contribution in [0.5, 0.6) is 5.75 Å². The highest BCUT2D eigenvalue weighted by molar-refractivity contribution is 5.37. The van der Waals surface area contributed by atoms with Crippen LogP contribution in [0.3, 0.4) is 0 Å². The minimum atomic E-state index is 0.544. The van der Waals surface area contributed by atoms with Gasteiger partial charge >= 0.3 is 0 Å². The fraction of sp³-hybridized carbons (Fsp3) is 0.500. The highest BCUT2D eigenvalue weighted by Crippen LogP contribution is 2.27. The molecule has 0 aliphatic carbocycles. The lowest BCUT2D eigenvalue weighted by Crippen LogP contribution is -2.00. The van der Waals surface area contributed by atoms with Crippen molar-refractivity contribution in [3.8, 4) is 5.75 Å². The third-order valence-corrected chi connectivity index (χ3v) is 3.02. The van der Waals surface area contributed by atoms with Crippen molar-refractivity contribution in [1.82, 2.24) is 0 Å². The number of aryl methyl sites for hydroxylation is 1. The van der Waals surface area contributed by atoms with Crippen molar-refractivity contribution in [2.45, 2.75) is 46.0 Å². The van der Waals surface area contributed by atoms with Crippen molar-refractivity contribution >= 4 is 0 Å². The Kier molecular flexibility index (Phi) is 5.82. The molecule has 1 atom stereocenters. The Morgan fingerprint density at radius 1 is 1.35 bits per heavy atom. The number of hydrogen-bond acceptors (Lipinski definition) is 1. The predicted molar refractivity (Wildman–Crippen MR) is 74.8 cm³/mol. The molecule has 0 aliphatic rings. The zero-order valence-electron chi connectivity index (χ0n) is 11.3. The van der Waals surface area contributed by atoms with Gasteiger partial charge in [0.2, 0.25) is 0 Å². The molecule has 1 aromatic rings. The monoisotopic (exact) mass is 232 g/mol. The van der Waals surface area contributed by atoms with Crippen molar-refractivity contribution in [3.05, 3.63) is 42.0 Å². The van der Waals surface area contributed by atoms with E-state index in [4.69, 9.17) is 4.74 Å². The molecule has 0 saturated heterocycles. The SMILES string of the molecule is C=CCC(C)c1ccc(OCCC)cc1CC. The predicted octanol–water partition coefficient (Wildman–Crippen LogP) is 4.72. The van der Waals surface area contributed by atoms with Crippen LogP contribution in [0.2, 0.25) is 0 Å². The maximum Gasteiger partial charge on any atom is 0.119 e. The zero-order chi connectivity index (χ0) is 12.7. The molecule has 0 amide bonds. The fourth-order valence-corrected chi connectivity index (χ4v) is 2.06. The largest absolute Gasteiger partial charge is 0.494 e. The third kappa shape index (κ3) is 3.92. The van der Waals surface area contributed by atoms with E-state index in [1.165, 1.54) is 11.1 Å². The zero-order valence-corrected chi connectivity index (χ0v) is 11.3. The van der Waals surface area contributed by atoms with E-state index in [2.05, 4.69) is 45.5 Å². The summed E-state index contributed by atoms with van der Waals surface area (Å²) >= 11 is 0. The highest BCUT2D eigenvalue weighted by atomic mass is 16.5. The Morgan fingerprint density at radius 2 is 2.12 bits per heavy atom. The Hall–Kier alpha value is -1.24. The van der Waals surface area contributed by atoms with Gasteiger partial charge in [0.15, 0.2) is 0 Å². The number of rotatable bonds is 7. The van der Waals surface area contributed by atoms with E-state index < -0.39 is 0 Å². The summed E-state index contributed by atoms with van der Waals surface area (Å²) in [6.07, 6.45) is 5.13. The van der Waals surface area contributed by atoms with Gasteiger partial charge in [-0.2, -0.15) is 0 Å². The molecule has 0 bridgehead atoms. The normalized spacial score (nSPS) is 12.2.